The molecular formula is C8H5ClN4O. The van der Waals surface area contributed by atoms with Gasteiger partial charge in [-0.05, 0) is 6.07 Å². The molecule has 0 saturated heterocycles. The van der Waals surface area contributed by atoms with Gasteiger partial charge in [0.1, 0.15) is 12.0 Å². The molecule has 5 nitrogen and oxygen atoms in total. The number of hydrogen-bond donors (Lipinski definition) is 0. The largest absolute Gasteiger partial charge is 0.268 e. The number of hydrogen-bond acceptors (Lipinski definition) is 4. The van der Waals surface area contributed by atoms with Gasteiger partial charge in [-0.2, -0.15) is 4.09 Å². The van der Waals surface area contributed by atoms with Crippen LogP contribution in [0.15, 0.2) is 35.6 Å². The maximum Gasteiger partial charge on any atom is 0.268 e. The van der Waals surface area contributed by atoms with Gasteiger partial charge in [0.15, 0.2) is 5.82 Å². The lowest BCUT2D eigenvalue weighted by molar-refractivity contribution is 1.02. The van der Waals surface area contributed by atoms with Crippen LogP contribution in [0.5, 0.6) is 0 Å². The van der Waals surface area contributed by atoms with Gasteiger partial charge in [0.25, 0.3) is 5.56 Å². The fourth-order valence-electron chi connectivity index (χ4n) is 0.982. The first-order chi connectivity index (χ1) is 6.79. The zero-order chi connectivity index (χ0) is 9.97. The van der Waals surface area contributed by atoms with Crippen molar-refractivity contribution in [2.24, 2.45) is 0 Å². The van der Waals surface area contributed by atoms with Crippen molar-refractivity contribution in [1.82, 2.24) is 19.0 Å². The molecule has 0 aromatic carbocycles. The van der Waals surface area contributed by atoms with E-state index in [1.807, 2.05) is 0 Å². The molecule has 2 rings (SSSR count). The van der Waals surface area contributed by atoms with Crippen molar-refractivity contribution in [1.29, 1.82) is 0 Å². The zero-order valence-corrected chi connectivity index (χ0v) is 7.72. The Bertz CT molecular complexity index is 496. The molecular weight excluding hydrogens is 204 g/mol. The Hall–Kier alpha value is -1.75. The van der Waals surface area contributed by atoms with Crippen molar-refractivity contribution in [3.63, 3.8) is 0 Å². The van der Waals surface area contributed by atoms with E-state index in [4.69, 9.17) is 11.8 Å². The maximum absolute atomic E-state index is 11.2. The van der Waals surface area contributed by atoms with Gasteiger partial charge in [0, 0.05) is 30.2 Å². The molecule has 14 heavy (non-hydrogen) atoms. The molecule has 0 N–H and O–H groups in total. The molecule has 2 aromatic rings. The summed E-state index contributed by atoms with van der Waals surface area (Å²) in [5, 5.41) is 0. The van der Waals surface area contributed by atoms with Gasteiger partial charge >= 0.3 is 0 Å². The van der Waals surface area contributed by atoms with Crippen LogP contribution in [-0.4, -0.2) is 19.0 Å². The Labute approximate surface area is 84.2 Å². The van der Waals surface area contributed by atoms with Crippen LogP contribution in [0.25, 0.3) is 11.5 Å². The second-order valence-corrected chi connectivity index (χ2v) is 2.82. The van der Waals surface area contributed by atoms with Crippen molar-refractivity contribution in [3.05, 3.63) is 41.2 Å². The Morgan fingerprint density at radius 2 is 2.07 bits per heavy atom. The van der Waals surface area contributed by atoms with Crippen LogP contribution in [0.1, 0.15) is 0 Å². The number of rotatable bonds is 1. The van der Waals surface area contributed by atoms with Gasteiger partial charge in [-0.1, -0.05) is 0 Å². The molecule has 2 heterocycles. The second kappa shape index (κ2) is 3.55. The van der Waals surface area contributed by atoms with E-state index in [2.05, 4.69) is 15.0 Å². The third kappa shape index (κ3) is 1.49. The van der Waals surface area contributed by atoms with Crippen LogP contribution in [0.4, 0.5) is 0 Å². The third-order valence-electron chi connectivity index (χ3n) is 1.60. The summed E-state index contributed by atoms with van der Waals surface area (Å²) in [4.78, 5) is 22.8. The van der Waals surface area contributed by atoms with Crippen LogP contribution in [0, 0.1) is 0 Å². The predicted molar refractivity (Wildman–Crippen MR) is 50.8 cm³/mol. The molecule has 0 aliphatic heterocycles. The van der Waals surface area contributed by atoms with Crippen LogP contribution < -0.4 is 5.56 Å². The minimum Gasteiger partial charge on any atom is -0.268 e. The molecule has 0 saturated carbocycles. The highest BCUT2D eigenvalue weighted by Gasteiger charge is 2.05. The highest BCUT2D eigenvalue weighted by molar-refractivity contribution is 6.16. The van der Waals surface area contributed by atoms with E-state index < -0.39 is 0 Å². The van der Waals surface area contributed by atoms with Crippen LogP contribution >= 0.6 is 11.8 Å². The monoisotopic (exact) mass is 208 g/mol. The standard InChI is InChI=1S/C8H5ClN4O/c9-13-7(14)2-4-11-8(13)6-1-3-10-5-12-6/h1-5H. The smallest absolute Gasteiger partial charge is 0.268 e. The molecule has 0 radical (unpaired) electrons. The SMILES string of the molecule is O=c1ccnc(-c2ccncn2)n1Cl. The average Bonchev–Trinajstić information content (AvgIpc) is 2.23. The van der Waals surface area contributed by atoms with Crippen molar-refractivity contribution in [2.75, 3.05) is 0 Å². The quantitative estimate of drug-likeness (QED) is 0.692. The van der Waals surface area contributed by atoms with Gasteiger partial charge < -0.3 is 0 Å². The van der Waals surface area contributed by atoms with Gasteiger partial charge in [-0.3, -0.25) is 4.79 Å². The normalized spacial score (nSPS) is 10.1. The topological polar surface area (TPSA) is 60.7 Å². The van der Waals surface area contributed by atoms with Crippen molar-refractivity contribution in [3.8, 4) is 11.5 Å². The summed E-state index contributed by atoms with van der Waals surface area (Å²) >= 11 is 5.71. The lowest BCUT2D eigenvalue weighted by Crippen LogP contribution is -2.14. The predicted octanol–water partition coefficient (Wildman–Crippen LogP) is 0.702. The summed E-state index contributed by atoms with van der Waals surface area (Å²) in [5.74, 6) is 0.307. The molecule has 0 fully saturated rings. The molecule has 2 aromatic heterocycles. The molecule has 6 heteroatoms. The van der Waals surface area contributed by atoms with E-state index in [1.54, 1.807) is 12.3 Å². The molecule has 0 amide bonds. The van der Waals surface area contributed by atoms with Crippen LogP contribution in [-0.2, 0) is 0 Å². The first-order valence-corrected chi connectivity index (χ1v) is 4.13. The molecule has 0 aliphatic rings. The third-order valence-corrected chi connectivity index (χ3v) is 1.93. The minimum absolute atomic E-state index is 0.307. The van der Waals surface area contributed by atoms with Crippen LogP contribution in [0.2, 0.25) is 0 Å². The Balaban J connectivity index is 2.64. The molecule has 70 valence electrons. The lowest BCUT2D eigenvalue weighted by atomic mass is 10.4. The van der Waals surface area contributed by atoms with Gasteiger partial charge in [0.05, 0.1) is 0 Å². The summed E-state index contributed by atoms with van der Waals surface area (Å²) in [6.45, 7) is 0. The fourth-order valence-corrected chi connectivity index (χ4v) is 1.17. The van der Waals surface area contributed by atoms with E-state index in [0.717, 1.165) is 4.09 Å². The van der Waals surface area contributed by atoms with Gasteiger partial charge in [-0.15, -0.1) is 0 Å². The highest BCUT2D eigenvalue weighted by atomic mass is 35.5. The fraction of sp³-hybridized carbons (Fsp3) is 0. The van der Waals surface area contributed by atoms with Crippen LogP contribution in [0.3, 0.4) is 0 Å². The number of nitrogens with zero attached hydrogens (tertiary/aromatic N) is 4. The van der Waals surface area contributed by atoms with E-state index >= 15 is 0 Å². The summed E-state index contributed by atoms with van der Waals surface area (Å²) in [7, 11) is 0. The first-order valence-electron chi connectivity index (χ1n) is 3.79. The average molecular weight is 209 g/mol. The van der Waals surface area contributed by atoms with Crippen molar-refractivity contribution in [2.45, 2.75) is 0 Å². The first kappa shape index (κ1) is 8.83. The maximum atomic E-state index is 11.2. The summed E-state index contributed by atoms with van der Waals surface area (Å²) in [5.41, 5.74) is 0.169. The molecule has 0 spiro atoms. The lowest BCUT2D eigenvalue weighted by Gasteiger charge is -2.01. The molecule has 0 atom stereocenters. The number of halogens is 1. The van der Waals surface area contributed by atoms with Gasteiger partial charge in [-0.25, -0.2) is 15.0 Å². The number of aromatic nitrogens is 4. The Kier molecular flexibility index (Phi) is 2.24. The molecule has 0 aliphatic carbocycles. The molecule has 0 unspecified atom stereocenters. The van der Waals surface area contributed by atoms with Gasteiger partial charge in [0.2, 0.25) is 0 Å². The van der Waals surface area contributed by atoms with E-state index in [9.17, 15) is 4.79 Å². The minimum atomic E-state index is -0.338. The zero-order valence-electron chi connectivity index (χ0n) is 6.96. The summed E-state index contributed by atoms with van der Waals surface area (Å²) in [6.07, 6.45) is 4.31. The summed E-state index contributed by atoms with van der Waals surface area (Å²) < 4.78 is 0.919. The Morgan fingerprint density at radius 1 is 1.21 bits per heavy atom. The van der Waals surface area contributed by atoms with E-state index in [1.165, 1.54) is 18.6 Å². The highest BCUT2D eigenvalue weighted by Crippen LogP contribution is 2.10. The van der Waals surface area contributed by atoms with Crippen molar-refractivity contribution >= 4 is 11.8 Å². The van der Waals surface area contributed by atoms with E-state index in [-0.39, 0.29) is 5.56 Å². The Morgan fingerprint density at radius 3 is 2.79 bits per heavy atom. The van der Waals surface area contributed by atoms with E-state index in [0.29, 0.717) is 11.5 Å². The molecule has 0 bridgehead atoms. The second-order valence-electron chi connectivity index (χ2n) is 2.48. The van der Waals surface area contributed by atoms with Crippen molar-refractivity contribution < 1.29 is 0 Å². The summed E-state index contributed by atoms with van der Waals surface area (Å²) in [6, 6.07) is 2.90.